The van der Waals surface area contributed by atoms with Gasteiger partial charge in [0.2, 0.25) is 0 Å². The van der Waals surface area contributed by atoms with Gasteiger partial charge in [0.1, 0.15) is 17.5 Å². The Morgan fingerprint density at radius 3 is 2.69 bits per heavy atom. The third kappa shape index (κ3) is 3.64. The van der Waals surface area contributed by atoms with Gasteiger partial charge < -0.3 is 19.5 Å². The largest absolute Gasteiger partial charge is 0.444 e. The van der Waals surface area contributed by atoms with Crippen molar-refractivity contribution in [3.05, 3.63) is 29.2 Å². The summed E-state index contributed by atoms with van der Waals surface area (Å²) >= 11 is 0. The second-order valence-electron chi connectivity index (χ2n) is 9.25. The number of hydrogen-bond acceptors (Lipinski definition) is 4. The molecular weight excluding hydrogens is 371 g/mol. The molecule has 2 aromatic rings. The first kappa shape index (κ1) is 19.6. The van der Waals surface area contributed by atoms with Gasteiger partial charge in [0, 0.05) is 37.3 Å². The second-order valence-corrected chi connectivity index (χ2v) is 9.25. The van der Waals surface area contributed by atoms with Gasteiger partial charge in [-0.2, -0.15) is 5.26 Å². The molecule has 3 heterocycles. The van der Waals surface area contributed by atoms with Gasteiger partial charge in [-0.3, -0.25) is 0 Å². The SMILES string of the molecule is Cc1cc2c(N3CCC4CN(C(=O)OC(C)(C)C)CC4C3)c(F)cc(C#N)c2[nH]1. The third-order valence-electron chi connectivity index (χ3n) is 5.86. The lowest BCUT2D eigenvalue weighted by molar-refractivity contribution is 0.0285. The number of aryl methyl sites for hydroxylation is 1. The van der Waals surface area contributed by atoms with Crippen LogP contribution in [0, 0.1) is 35.9 Å². The first-order valence-electron chi connectivity index (χ1n) is 10.1. The number of nitriles is 1. The van der Waals surface area contributed by atoms with Crippen molar-refractivity contribution in [3.63, 3.8) is 0 Å². The minimum absolute atomic E-state index is 0.272. The molecule has 29 heavy (non-hydrogen) atoms. The van der Waals surface area contributed by atoms with Crippen LogP contribution in [-0.4, -0.2) is 47.8 Å². The number of benzene rings is 1. The van der Waals surface area contributed by atoms with Crippen LogP contribution in [-0.2, 0) is 4.74 Å². The summed E-state index contributed by atoms with van der Waals surface area (Å²) in [5.41, 5.74) is 1.94. The molecule has 7 heteroatoms. The molecule has 2 aliphatic heterocycles. The number of rotatable bonds is 1. The number of nitrogens with zero attached hydrogens (tertiary/aromatic N) is 3. The van der Waals surface area contributed by atoms with Gasteiger partial charge in [-0.25, -0.2) is 9.18 Å². The van der Waals surface area contributed by atoms with Crippen molar-refractivity contribution in [1.82, 2.24) is 9.88 Å². The third-order valence-corrected chi connectivity index (χ3v) is 5.86. The van der Waals surface area contributed by atoms with E-state index in [4.69, 9.17) is 4.74 Å². The summed E-state index contributed by atoms with van der Waals surface area (Å²) in [7, 11) is 0. The maximum absolute atomic E-state index is 15.0. The highest BCUT2D eigenvalue weighted by Gasteiger charge is 2.41. The van der Waals surface area contributed by atoms with Crippen LogP contribution in [0.4, 0.5) is 14.9 Å². The number of aromatic amines is 1. The number of H-pyrrole nitrogens is 1. The summed E-state index contributed by atoms with van der Waals surface area (Å²) < 4.78 is 20.5. The Bertz CT molecular complexity index is 1000. The molecule has 0 saturated carbocycles. The summed E-state index contributed by atoms with van der Waals surface area (Å²) in [5.74, 6) is 0.318. The second kappa shape index (κ2) is 6.94. The van der Waals surface area contributed by atoms with E-state index in [2.05, 4.69) is 16.0 Å². The number of fused-ring (bicyclic) bond motifs is 2. The molecule has 1 aromatic heterocycles. The molecule has 0 radical (unpaired) electrons. The smallest absolute Gasteiger partial charge is 0.410 e. The summed E-state index contributed by atoms with van der Waals surface area (Å²) in [4.78, 5) is 19.5. The fourth-order valence-electron chi connectivity index (χ4n) is 4.64. The van der Waals surface area contributed by atoms with Gasteiger partial charge in [0.25, 0.3) is 0 Å². The standard InChI is InChI=1S/C22H27FN4O2/c1-13-7-17-19(25-13)15(9-24)8-18(23)20(17)26-6-5-14-10-27(12-16(14)11-26)21(28)29-22(2,3)4/h7-8,14,16,25H,5-6,10-12H2,1-4H3. The van der Waals surface area contributed by atoms with Gasteiger partial charge in [0.05, 0.1) is 16.8 Å². The summed E-state index contributed by atoms with van der Waals surface area (Å²) in [6.45, 7) is 10.3. The zero-order valence-corrected chi connectivity index (χ0v) is 17.4. The monoisotopic (exact) mass is 398 g/mol. The number of carbonyl (C=O) groups excluding carboxylic acids is 1. The normalized spacial score (nSPS) is 21.9. The average molecular weight is 398 g/mol. The van der Waals surface area contributed by atoms with Crippen LogP contribution in [0.15, 0.2) is 12.1 Å². The molecule has 1 amide bonds. The summed E-state index contributed by atoms with van der Waals surface area (Å²) in [6.07, 6.45) is 0.626. The van der Waals surface area contributed by atoms with Crippen LogP contribution >= 0.6 is 0 Å². The predicted molar refractivity (Wildman–Crippen MR) is 109 cm³/mol. The van der Waals surface area contributed by atoms with Crippen molar-refractivity contribution in [3.8, 4) is 6.07 Å². The first-order valence-corrected chi connectivity index (χ1v) is 10.1. The van der Waals surface area contributed by atoms with Crippen LogP contribution in [0.1, 0.15) is 38.4 Å². The first-order chi connectivity index (χ1) is 13.7. The Morgan fingerprint density at radius 1 is 1.28 bits per heavy atom. The van der Waals surface area contributed by atoms with Crippen molar-refractivity contribution in [2.75, 3.05) is 31.1 Å². The number of carbonyl (C=O) groups is 1. The Hall–Kier alpha value is -2.75. The van der Waals surface area contributed by atoms with E-state index in [-0.39, 0.29) is 17.8 Å². The lowest BCUT2D eigenvalue weighted by Gasteiger charge is -2.36. The number of likely N-dealkylation sites (tertiary alicyclic amines) is 1. The summed E-state index contributed by atoms with van der Waals surface area (Å²) in [5, 5.41) is 10.1. The molecule has 4 rings (SSSR count). The Labute approximate surface area is 170 Å². The molecule has 6 nitrogen and oxygen atoms in total. The molecule has 1 N–H and O–H groups in total. The molecule has 2 atom stereocenters. The van der Waals surface area contributed by atoms with Gasteiger partial charge in [-0.1, -0.05) is 0 Å². The number of nitrogens with one attached hydrogen (secondary N) is 1. The zero-order chi connectivity index (χ0) is 20.9. The molecule has 154 valence electrons. The van der Waals surface area contributed by atoms with E-state index in [1.807, 2.05) is 33.8 Å². The fraction of sp³-hybridized carbons (Fsp3) is 0.545. The molecule has 1 aromatic carbocycles. The lowest BCUT2D eigenvalue weighted by Crippen LogP contribution is -2.40. The summed E-state index contributed by atoms with van der Waals surface area (Å²) in [6, 6.07) is 5.31. The highest BCUT2D eigenvalue weighted by atomic mass is 19.1. The van der Waals surface area contributed by atoms with E-state index >= 15 is 4.39 Å². The van der Waals surface area contributed by atoms with E-state index in [9.17, 15) is 10.1 Å². The molecule has 0 aliphatic carbocycles. The van der Waals surface area contributed by atoms with E-state index in [1.54, 1.807) is 4.90 Å². The van der Waals surface area contributed by atoms with E-state index < -0.39 is 5.60 Å². The van der Waals surface area contributed by atoms with Crippen LogP contribution in [0.25, 0.3) is 10.9 Å². The maximum atomic E-state index is 15.0. The highest BCUT2D eigenvalue weighted by molar-refractivity contribution is 5.97. The fourth-order valence-corrected chi connectivity index (χ4v) is 4.64. The molecule has 2 aliphatic rings. The minimum Gasteiger partial charge on any atom is -0.444 e. The zero-order valence-electron chi connectivity index (χ0n) is 17.4. The van der Waals surface area contributed by atoms with E-state index in [0.717, 1.165) is 24.0 Å². The van der Waals surface area contributed by atoms with Crippen molar-refractivity contribution >= 4 is 22.7 Å². The lowest BCUT2D eigenvalue weighted by atomic mass is 9.88. The highest BCUT2D eigenvalue weighted by Crippen LogP contribution is 2.38. The molecule has 0 spiro atoms. The van der Waals surface area contributed by atoms with Crippen LogP contribution in [0.2, 0.25) is 0 Å². The minimum atomic E-state index is -0.514. The number of hydrogen-bond donors (Lipinski definition) is 1. The van der Waals surface area contributed by atoms with Crippen molar-refractivity contribution in [2.45, 2.75) is 39.7 Å². The quantitative estimate of drug-likeness (QED) is 0.782. The molecule has 2 unspecified atom stereocenters. The number of aromatic nitrogens is 1. The number of ether oxygens (including phenoxy) is 1. The predicted octanol–water partition coefficient (Wildman–Crippen LogP) is 4.18. The number of halogens is 1. The Morgan fingerprint density at radius 2 is 2.00 bits per heavy atom. The van der Waals surface area contributed by atoms with Gasteiger partial charge in [-0.05, 0) is 58.1 Å². The Balaban J connectivity index is 1.57. The van der Waals surface area contributed by atoms with E-state index in [0.29, 0.717) is 42.3 Å². The average Bonchev–Trinajstić information content (AvgIpc) is 3.22. The molecule has 0 bridgehead atoms. The number of piperidine rings is 1. The van der Waals surface area contributed by atoms with Gasteiger partial charge in [-0.15, -0.1) is 0 Å². The number of amides is 1. The molecule has 2 saturated heterocycles. The van der Waals surface area contributed by atoms with Crippen LogP contribution in [0.5, 0.6) is 0 Å². The van der Waals surface area contributed by atoms with Gasteiger partial charge in [0.15, 0.2) is 0 Å². The maximum Gasteiger partial charge on any atom is 0.410 e. The van der Waals surface area contributed by atoms with Crippen molar-refractivity contribution < 1.29 is 13.9 Å². The Kier molecular flexibility index (Phi) is 4.68. The van der Waals surface area contributed by atoms with Crippen LogP contribution in [0.3, 0.4) is 0 Å². The molecule has 2 fully saturated rings. The van der Waals surface area contributed by atoms with E-state index in [1.165, 1.54) is 6.07 Å². The van der Waals surface area contributed by atoms with Crippen molar-refractivity contribution in [1.29, 1.82) is 5.26 Å². The van der Waals surface area contributed by atoms with Crippen molar-refractivity contribution in [2.24, 2.45) is 11.8 Å². The topological polar surface area (TPSA) is 72.4 Å². The van der Waals surface area contributed by atoms with Gasteiger partial charge >= 0.3 is 6.09 Å². The number of anilines is 1. The molecular formula is C22H27FN4O2. The van der Waals surface area contributed by atoms with Crippen LogP contribution < -0.4 is 4.90 Å².